The summed E-state index contributed by atoms with van der Waals surface area (Å²) in [5.41, 5.74) is 0. The number of aliphatic hydroxyl groups excluding tert-OH is 7. The van der Waals surface area contributed by atoms with Gasteiger partial charge in [-0.1, -0.05) is 0 Å². The number of aliphatic hydroxyl groups is 9. The normalized spacial score (nSPS) is 49.1. The molecule has 0 aliphatic carbocycles. The standard InChI is InChI=1S/C12H22O12/c13-1-3-5(14)7(16)8(17)10(23-3)22-2-4-6(15)9(18)12(20,21)11(19)24-4/h3-11,13-21H,1-2H2/t3-,4-,5-,6-,7+,8-,9+,10-,11+/m1/s1. The van der Waals surface area contributed by atoms with Crippen molar-refractivity contribution in [2.45, 2.75) is 61.1 Å². The summed E-state index contributed by atoms with van der Waals surface area (Å²) in [6, 6.07) is 0. The van der Waals surface area contributed by atoms with Gasteiger partial charge in [0.1, 0.15) is 42.7 Å². The number of hydrogen-bond acceptors (Lipinski definition) is 12. The van der Waals surface area contributed by atoms with E-state index in [9.17, 15) is 40.9 Å². The minimum Gasteiger partial charge on any atom is -0.394 e. The Balaban J connectivity index is 1.97. The lowest BCUT2D eigenvalue weighted by atomic mass is 9.96. The fourth-order valence-corrected chi connectivity index (χ4v) is 2.48. The van der Waals surface area contributed by atoms with E-state index >= 15 is 0 Å². The molecule has 0 spiro atoms. The summed E-state index contributed by atoms with van der Waals surface area (Å²) in [4.78, 5) is 0. The second-order valence-electron chi connectivity index (χ2n) is 5.78. The van der Waals surface area contributed by atoms with Crippen LogP contribution in [0.15, 0.2) is 0 Å². The van der Waals surface area contributed by atoms with Crippen molar-refractivity contribution in [1.29, 1.82) is 0 Å². The maximum absolute atomic E-state index is 9.78. The van der Waals surface area contributed by atoms with Gasteiger partial charge in [-0.3, -0.25) is 0 Å². The van der Waals surface area contributed by atoms with Gasteiger partial charge in [-0.25, -0.2) is 0 Å². The minimum atomic E-state index is -3.08. The van der Waals surface area contributed by atoms with Crippen LogP contribution < -0.4 is 0 Å². The van der Waals surface area contributed by atoms with Gasteiger partial charge in [0.25, 0.3) is 0 Å². The van der Waals surface area contributed by atoms with Crippen molar-refractivity contribution in [3.05, 3.63) is 0 Å². The Hall–Kier alpha value is -0.480. The summed E-state index contributed by atoms with van der Waals surface area (Å²) >= 11 is 0. The quantitative estimate of drug-likeness (QED) is 0.215. The molecule has 9 N–H and O–H groups in total. The van der Waals surface area contributed by atoms with Crippen molar-refractivity contribution in [1.82, 2.24) is 0 Å². The molecule has 0 radical (unpaired) electrons. The average molecular weight is 358 g/mol. The zero-order valence-corrected chi connectivity index (χ0v) is 12.4. The molecule has 0 amide bonds. The molecule has 2 rings (SSSR count). The largest absolute Gasteiger partial charge is 0.394 e. The molecule has 24 heavy (non-hydrogen) atoms. The molecular weight excluding hydrogens is 336 g/mol. The second-order valence-corrected chi connectivity index (χ2v) is 5.78. The van der Waals surface area contributed by atoms with Crippen LogP contribution in [0.4, 0.5) is 0 Å². The summed E-state index contributed by atoms with van der Waals surface area (Å²) in [5.74, 6) is -3.08. The van der Waals surface area contributed by atoms with Crippen molar-refractivity contribution in [2.24, 2.45) is 0 Å². The Bertz CT molecular complexity index is 411. The van der Waals surface area contributed by atoms with Crippen LogP contribution in [0.2, 0.25) is 0 Å². The Morgan fingerprint density at radius 2 is 1.42 bits per heavy atom. The van der Waals surface area contributed by atoms with E-state index in [0.29, 0.717) is 0 Å². The lowest BCUT2D eigenvalue weighted by Gasteiger charge is -2.44. The number of ether oxygens (including phenoxy) is 3. The van der Waals surface area contributed by atoms with Crippen molar-refractivity contribution in [3.63, 3.8) is 0 Å². The fourth-order valence-electron chi connectivity index (χ4n) is 2.48. The van der Waals surface area contributed by atoms with Crippen molar-refractivity contribution in [2.75, 3.05) is 13.2 Å². The van der Waals surface area contributed by atoms with Gasteiger partial charge in [0.05, 0.1) is 13.2 Å². The molecule has 2 saturated heterocycles. The van der Waals surface area contributed by atoms with Gasteiger partial charge in [0, 0.05) is 0 Å². The third-order valence-electron chi connectivity index (χ3n) is 4.08. The van der Waals surface area contributed by atoms with Crippen LogP contribution in [-0.2, 0) is 14.2 Å². The third-order valence-corrected chi connectivity index (χ3v) is 4.08. The van der Waals surface area contributed by atoms with Crippen LogP contribution in [0.3, 0.4) is 0 Å². The van der Waals surface area contributed by atoms with Gasteiger partial charge >= 0.3 is 0 Å². The molecule has 2 fully saturated rings. The smallest absolute Gasteiger partial charge is 0.245 e. The molecule has 0 aromatic heterocycles. The summed E-state index contributed by atoms with van der Waals surface area (Å²) < 4.78 is 14.9. The molecule has 12 nitrogen and oxygen atoms in total. The molecule has 0 unspecified atom stereocenters. The second kappa shape index (κ2) is 7.41. The molecule has 12 heteroatoms. The van der Waals surface area contributed by atoms with Crippen molar-refractivity contribution >= 4 is 0 Å². The first kappa shape index (κ1) is 19.8. The molecule has 142 valence electrons. The summed E-state index contributed by atoms with van der Waals surface area (Å²) in [6.45, 7) is -1.25. The predicted molar refractivity (Wildman–Crippen MR) is 69.8 cm³/mol. The first-order valence-corrected chi connectivity index (χ1v) is 7.17. The monoisotopic (exact) mass is 358 g/mol. The highest BCUT2D eigenvalue weighted by Gasteiger charge is 2.54. The van der Waals surface area contributed by atoms with E-state index in [1.165, 1.54) is 0 Å². The van der Waals surface area contributed by atoms with Crippen LogP contribution in [0.25, 0.3) is 0 Å². The van der Waals surface area contributed by atoms with E-state index in [2.05, 4.69) is 0 Å². The van der Waals surface area contributed by atoms with Gasteiger partial charge in [-0.2, -0.15) is 0 Å². The van der Waals surface area contributed by atoms with Crippen molar-refractivity contribution in [3.8, 4) is 0 Å². The minimum absolute atomic E-state index is 0.589. The first-order valence-electron chi connectivity index (χ1n) is 7.17. The molecular formula is C12H22O12. The lowest BCUT2D eigenvalue weighted by Crippen LogP contribution is -2.67. The number of rotatable bonds is 4. The van der Waals surface area contributed by atoms with E-state index in [0.717, 1.165) is 0 Å². The highest BCUT2D eigenvalue weighted by atomic mass is 16.7. The van der Waals surface area contributed by atoms with Crippen LogP contribution in [0.5, 0.6) is 0 Å². The fraction of sp³-hybridized carbons (Fsp3) is 1.00. The Kier molecular flexibility index (Phi) is 6.12. The third kappa shape index (κ3) is 3.55. The Labute approximate surface area is 135 Å². The van der Waals surface area contributed by atoms with Crippen LogP contribution in [0, 0.1) is 0 Å². The molecule has 0 bridgehead atoms. The van der Waals surface area contributed by atoms with Gasteiger partial charge in [0.2, 0.25) is 12.1 Å². The van der Waals surface area contributed by atoms with Gasteiger partial charge in [0.15, 0.2) is 6.29 Å². The first-order chi connectivity index (χ1) is 11.1. The van der Waals surface area contributed by atoms with Gasteiger partial charge in [-0.05, 0) is 0 Å². The van der Waals surface area contributed by atoms with Gasteiger partial charge in [-0.15, -0.1) is 0 Å². The van der Waals surface area contributed by atoms with E-state index in [1.807, 2.05) is 0 Å². The Morgan fingerprint density at radius 1 is 0.792 bits per heavy atom. The highest BCUT2D eigenvalue weighted by Crippen LogP contribution is 2.28. The zero-order valence-electron chi connectivity index (χ0n) is 12.4. The maximum Gasteiger partial charge on any atom is 0.245 e. The lowest BCUT2D eigenvalue weighted by molar-refractivity contribution is -0.400. The SMILES string of the molecule is OC[C@H]1O[C@@H](OC[C@H]2O[C@H](O)C(O)(O)[C@@H](O)[C@@H]2O)[C@H](O)[C@@H](O)[C@@H]1O. The van der Waals surface area contributed by atoms with E-state index in [4.69, 9.17) is 19.3 Å². The topological polar surface area (TPSA) is 210 Å². The van der Waals surface area contributed by atoms with Crippen LogP contribution >= 0.6 is 0 Å². The maximum atomic E-state index is 9.78. The van der Waals surface area contributed by atoms with E-state index in [1.54, 1.807) is 0 Å². The summed E-state index contributed by atoms with van der Waals surface area (Å²) in [6.07, 6.45) is -15.3. The zero-order chi connectivity index (χ0) is 18.2. The van der Waals surface area contributed by atoms with Crippen LogP contribution in [-0.4, -0.2) is 120 Å². The molecule has 9 atom stereocenters. The molecule has 0 saturated carbocycles. The number of hydrogen-bond donors (Lipinski definition) is 9. The summed E-state index contributed by atoms with van der Waals surface area (Å²) in [5, 5.41) is 85.5. The highest BCUT2D eigenvalue weighted by molar-refractivity contribution is 4.94. The molecule has 0 aromatic rings. The predicted octanol–water partition coefficient (Wildman–Crippen LogP) is -6.08. The average Bonchev–Trinajstić information content (AvgIpc) is 2.55. The van der Waals surface area contributed by atoms with E-state index < -0.39 is 74.3 Å². The molecule has 2 aliphatic rings. The summed E-state index contributed by atoms with van der Waals surface area (Å²) in [7, 11) is 0. The van der Waals surface area contributed by atoms with Crippen LogP contribution in [0.1, 0.15) is 0 Å². The van der Waals surface area contributed by atoms with Gasteiger partial charge < -0.3 is 60.2 Å². The van der Waals surface area contributed by atoms with E-state index in [-0.39, 0.29) is 0 Å². The molecule has 2 aliphatic heterocycles. The molecule has 0 aromatic carbocycles. The van der Waals surface area contributed by atoms with Crippen molar-refractivity contribution < 1.29 is 60.2 Å². The molecule has 2 heterocycles. The Morgan fingerprint density at radius 3 is 2.00 bits per heavy atom.